The second-order valence-corrected chi connectivity index (χ2v) is 6.86. The fourth-order valence-electron chi connectivity index (χ4n) is 3.17. The number of aromatic nitrogens is 5. The number of ketones is 1. The van der Waals surface area contributed by atoms with Gasteiger partial charge in [0.25, 0.3) is 0 Å². The predicted octanol–water partition coefficient (Wildman–Crippen LogP) is 3.11. The van der Waals surface area contributed by atoms with E-state index in [1.807, 2.05) is 0 Å². The number of hydrogen-bond acceptors (Lipinski definition) is 5. The van der Waals surface area contributed by atoms with Gasteiger partial charge in [0.05, 0.1) is 18.1 Å². The molecule has 3 aromatic heterocycles. The highest BCUT2D eigenvalue weighted by atomic mass is 19.4. The van der Waals surface area contributed by atoms with Crippen LogP contribution in [-0.4, -0.2) is 36.2 Å². The lowest BCUT2D eigenvalue weighted by Gasteiger charge is -2.08. The molecule has 0 unspecified atom stereocenters. The largest absolute Gasteiger partial charge is 0.449 e. The van der Waals surface area contributed by atoms with E-state index in [0.29, 0.717) is 28.0 Å². The zero-order valence-corrected chi connectivity index (χ0v) is 16.5. The molecule has 0 aliphatic rings. The van der Waals surface area contributed by atoms with Crippen LogP contribution in [0.3, 0.4) is 0 Å². The number of hydrogen-bond donors (Lipinski definition) is 2. The number of nitrogens with one attached hydrogen (secondary N) is 1. The minimum Gasteiger partial charge on any atom is -0.366 e. The van der Waals surface area contributed by atoms with Crippen LogP contribution in [0, 0.1) is 0 Å². The molecule has 1 aromatic carbocycles. The molecular formula is C21H15F3N6O2. The number of nitrogens with two attached hydrogens (primary N) is 1. The van der Waals surface area contributed by atoms with Crippen molar-refractivity contribution in [1.29, 1.82) is 0 Å². The van der Waals surface area contributed by atoms with Gasteiger partial charge in [-0.05, 0) is 6.08 Å². The average Bonchev–Trinajstić information content (AvgIpc) is 3.34. The van der Waals surface area contributed by atoms with Crippen LogP contribution in [0.1, 0.15) is 27.4 Å². The molecular weight excluding hydrogens is 425 g/mol. The number of imidazole rings is 1. The first-order chi connectivity index (χ1) is 15.1. The fourth-order valence-corrected chi connectivity index (χ4v) is 3.17. The summed E-state index contributed by atoms with van der Waals surface area (Å²) >= 11 is 0. The van der Waals surface area contributed by atoms with Gasteiger partial charge in [-0.1, -0.05) is 24.3 Å². The highest BCUT2D eigenvalue weighted by Crippen LogP contribution is 2.29. The second kappa shape index (κ2) is 7.76. The van der Waals surface area contributed by atoms with Crippen LogP contribution < -0.4 is 5.73 Å². The normalized spacial score (nSPS) is 12.0. The maximum Gasteiger partial charge on any atom is 0.449 e. The number of H-pyrrole nitrogens is 1. The summed E-state index contributed by atoms with van der Waals surface area (Å²) in [7, 11) is 1.14. The van der Waals surface area contributed by atoms with Gasteiger partial charge in [-0.3, -0.25) is 9.59 Å². The summed E-state index contributed by atoms with van der Waals surface area (Å²) in [6.45, 7) is 0. The van der Waals surface area contributed by atoms with E-state index in [-0.39, 0.29) is 11.3 Å². The number of halogens is 3. The second-order valence-electron chi connectivity index (χ2n) is 6.86. The number of fused-ring (bicyclic) bond motifs is 1. The Morgan fingerprint density at radius 2 is 1.84 bits per heavy atom. The van der Waals surface area contributed by atoms with Crippen molar-refractivity contribution in [2.75, 3.05) is 0 Å². The Bertz CT molecular complexity index is 1370. The van der Waals surface area contributed by atoms with E-state index in [2.05, 4.69) is 19.9 Å². The van der Waals surface area contributed by atoms with E-state index in [0.717, 1.165) is 17.8 Å². The van der Waals surface area contributed by atoms with Crippen LogP contribution in [0.5, 0.6) is 0 Å². The lowest BCUT2D eigenvalue weighted by molar-refractivity contribution is -0.146. The molecule has 3 heterocycles. The minimum absolute atomic E-state index is 0.176. The number of carbonyl (C=O) groups excluding carboxylic acids is 2. The van der Waals surface area contributed by atoms with Crippen molar-refractivity contribution >= 4 is 28.9 Å². The molecule has 0 fully saturated rings. The Kier molecular flexibility index (Phi) is 5.09. The lowest BCUT2D eigenvalue weighted by Crippen LogP contribution is -2.16. The van der Waals surface area contributed by atoms with Crippen LogP contribution in [0.25, 0.3) is 28.5 Å². The Morgan fingerprint density at radius 3 is 2.47 bits per heavy atom. The van der Waals surface area contributed by atoms with E-state index in [1.54, 1.807) is 18.3 Å². The van der Waals surface area contributed by atoms with Crippen molar-refractivity contribution in [3.05, 3.63) is 71.6 Å². The minimum atomic E-state index is -4.65. The molecule has 0 aliphatic carbocycles. The van der Waals surface area contributed by atoms with E-state index < -0.39 is 23.7 Å². The summed E-state index contributed by atoms with van der Waals surface area (Å²) in [5.74, 6) is -2.33. The zero-order valence-electron chi connectivity index (χ0n) is 16.5. The molecule has 32 heavy (non-hydrogen) atoms. The molecule has 0 spiro atoms. The number of rotatable bonds is 5. The van der Waals surface area contributed by atoms with Gasteiger partial charge in [0.2, 0.25) is 17.5 Å². The zero-order chi connectivity index (χ0) is 23.0. The molecule has 8 nitrogen and oxygen atoms in total. The third kappa shape index (κ3) is 3.87. The Labute approximate surface area is 178 Å². The summed E-state index contributed by atoms with van der Waals surface area (Å²) in [6.07, 6.45) is 2.15. The topological polar surface area (TPSA) is 120 Å². The third-order valence-electron chi connectivity index (χ3n) is 4.75. The van der Waals surface area contributed by atoms with E-state index in [4.69, 9.17) is 5.73 Å². The monoisotopic (exact) mass is 440 g/mol. The van der Waals surface area contributed by atoms with Crippen LogP contribution in [-0.2, 0) is 18.0 Å². The van der Waals surface area contributed by atoms with Gasteiger partial charge in [0, 0.05) is 36.0 Å². The molecule has 1 amide bonds. The SMILES string of the molecule is Cn1c(C(=O)c2ccc(-c3cnc4[nH]cc(/C=C/C(N)=O)c4n3)cc2)cnc1C(F)(F)F. The van der Waals surface area contributed by atoms with Crippen LogP contribution in [0.4, 0.5) is 13.2 Å². The quantitative estimate of drug-likeness (QED) is 0.365. The van der Waals surface area contributed by atoms with Crippen molar-refractivity contribution in [3.63, 3.8) is 0 Å². The van der Waals surface area contributed by atoms with Gasteiger partial charge in [0.15, 0.2) is 5.65 Å². The number of carbonyl (C=O) groups is 2. The molecule has 0 bridgehead atoms. The molecule has 3 N–H and O–H groups in total. The summed E-state index contributed by atoms with van der Waals surface area (Å²) in [6, 6.07) is 6.23. The maximum absolute atomic E-state index is 12.9. The van der Waals surface area contributed by atoms with Crippen LogP contribution in [0.2, 0.25) is 0 Å². The van der Waals surface area contributed by atoms with Gasteiger partial charge in [-0.2, -0.15) is 13.2 Å². The molecule has 0 aliphatic heterocycles. The van der Waals surface area contributed by atoms with Crippen molar-refractivity contribution in [1.82, 2.24) is 24.5 Å². The van der Waals surface area contributed by atoms with Crippen LogP contribution >= 0.6 is 0 Å². The standard InChI is InChI=1S/C21H15F3N6O2/c1-30-15(10-28-20(30)21(22,23)24)18(32)12-4-2-11(3-5-12)14-9-27-19-17(29-14)13(8-26-19)6-7-16(25)31/h2-10H,1H3,(H2,25,31)(H,26,27)/b7-6+. The van der Waals surface area contributed by atoms with Crippen molar-refractivity contribution in [2.24, 2.45) is 12.8 Å². The smallest absolute Gasteiger partial charge is 0.366 e. The van der Waals surface area contributed by atoms with E-state index in [1.165, 1.54) is 30.5 Å². The first-order valence-corrected chi connectivity index (χ1v) is 9.21. The first kappa shape index (κ1) is 21.0. The molecule has 4 rings (SSSR count). The summed E-state index contributed by atoms with van der Waals surface area (Å²) in [5.41, 5.74) is 7.96. The molecule has 0 radical (unpaired) electrons. The number of primary amides is 1. The summed E-state index contributed by atoms with van der Waals surface area (Å²) < 4.78 is 39.5. The summed E-state index contributed by atoms with van der Waals surface area (Å²) in [4.78, 5) is 38.7. The number of alkyl halides is 3. The van der Waals surface area contributed by atoms with Gasteiger partial charge >= 0.3 is 6.18 Å². The molecule has 11 heteroatoms. The Hall–Kier alpha value is -4.28. The summed E-state index contributed by atoms with van der Waals surface area (Å²) in [5, 5.41) is 0. The van der Waals surface area contributed by atoms with E-state index >= 15 is 0 Å². The fraction of sp³-hybridized carbons (Fsp3) is 0.0952. The Balaban J connectivity index is 1.63. The Morgan fingerprint density at radius 1 is 1.12 bits per heavy atom. The number of aromatic amines is 1. The number of amides is 1. The molecule has 162 valence electrons. The van der Waals surface area contributed by atoms with E-state index in [9.17, 15) is 22.8 Å². The van der Waals surface area contributed by atoms with Gasteiger partial charge in [0.1, 0.15) is 11.2 Å². The highest BCUT2D eigenvalue weighted by molar-refractivity contribution is 6.08. The van der Waals surface area contributed by atoms with Gasteiger partial charge in [-0.15, -0.1) is 0 Å². The molecule has 0 atom stereocenters. The number of nitrogens with zero attached hydrogens (tertiary/aromatic N) is 4. The number of benzene rings is 1. The average molecular weight is 440 g/mol. The lowest BCUT2D eigenvalue weighted by atomic mass is 10.0. The predicted molar refractivity (Wildman–Crippen MR) is 109 cm³/mol. The third-order valence-corrected chi connectivity index (χ3v) is 4.75. The first-order valence-electron chi connectivity index (χ1n) is 9.21. The van der Waals surface area contributed by atoms with Crippen molar-refractivity contribution in [3.8, 4) is 11.3 Å². The van der Waals surface area contributed by atoms with Crippen molar-refractivity contribution in [2.45, 2.75) is 6.18 Å². The van der Waals surface area contributed by atoms with Gasteiger partial charge < -0.3 is 15.3 Å². The molecule has 0 saturated heterocycles. The highest BCUT2D eigenvalue weighted by Gasteiger charge is 2.37. The molecule has 0 saturated carbocycles. The van der Waals surface area contributed by atoms with Gasteiger partial charge in [-0.25, -0.2) is 15.0 Å². The molecule has 4 aromatic rings. The maximum atomic E-state index is 12.9. The van der Waals surface area contributed by atoms with Crippen LogP contribution in [0.15, 0.2) is 48.9 Å². The van der Waals surface area contributed by atoms with Crippen molar-refractivity contribution < 1.29 is 22.8 Å².